The number of benzene rings is 6. The third-order valence-electron chi connectivity index (χ3n) is 9.94. The van der Waals surface area contributed by atoms with E-state index in [-0.39, 0.29) is 21.1 Å². The Hall–Kier alpha value is -5.44. The maximum Gasteiger partial charge on any atom is 2.00 e. The maximum atomic E-state index is 4.86. The Morgan fingerprint density at radius 1 is 0.620 bits per heavy atom. The molecule has 0 atom stereocenters. The van der Waals surface area contributed by atoms with E-state index >= 15 is 0 Å². The summed E-state index contributed by atoms with van der Waals surface area (Å²) < 4.78 is 2.26. The van der Waals surface area contributed by atoms with Crippen molar-refractivity contribution in [2.45, 2.75) is 12.3 Å². The first kappa shape index (κ1) is 31.8. The standard InChI is InChI=1S/C45H34N4.Pt/c1-32-26-27-46-44(28-32)49-40-21-10-9-20-38(40)39-25-24-36(30-43(39)49)45(33-14-5-3-6-15-33,34-16-7-4-8-17-34)35-18-13-19-37(29-35)48-31-47(2)41-22-11-12-23-42(41)48;/h3-28H,31H2,1-2H3;/q-2;+2. The molecule has 0 radical (unpaired) electrons. The van der Waals surface area contributed by atoms with Gasteiger partial charge in [-0.15, -0.1) is 22.6 Å². The molecule has 0 aliphatic carbocycles. The van der Waals surface area contributed by atoms with Gasteiger partial charge >= 0.3 is 21.1 Å². The van der Waals surface area contributed by atoms with Crippen molar-refractivity contribution in [1.29, 1.82) is 0 Å². The zero-order valence-electron chi connectivity index (χ0n) is 27.8. The Morgan fingerprint density at radius 3 is 2.02 bits per heavy atom. The summed E-state index contributed by atoms with van der Waals surface area (Å²) in [4.78, 5) is 9.50. The SMILES string of the molecule is Cc1ccnc(-n2c3[c-]c(C(c4[c-]c(N5CN(C)c6ccccc65)ccc4)(c4ccccc4)c4ccccc4)ccc3c3ccccc32)c1.[Pt+2]. The molecule has 1 aliphatic heterocycles. The van der Waals surface area contributed by atoms with Crippen LogP contribution in [-0.2, 0) is 26.5 Å². The summed E-state index contributed by atoms with van der Waals surface area (Å²) in [6.07, 6.45) is 1.89. The number of aromatic nitrogens is 2. The predicted octanol–water partition coefficient (Wildman–Crippen LogP) is 10.0. The van der Waals surface area contributed by atoms with E-state index in [2.05, 4.69) is 186 Å². The number of hydrogen-bond donors (Lipinski definition) is 0. The largest absolute Gasteiger partial charge is 2.00 e. The predicted molar refractivity (Wildman–Crippen MR) is 201 cm³/mol. The number of para-hydroxylation sites is 3. The Labute approximate surface area is 307 Å². The molecule has 5 heteroatoms. The van der Waals surface area contributed by atoms with E-state index in [1.807, 2.05) is 12.3 Å². The van der Waals surface area contributed by atoms with Gasteiger partial charge in [0.1, 0.15) is 5.82 Å². The van der Waals surface area contributed by atoms with Gasteiger partial charge in [0, 0.05) is 24.2 Å². The molecule has 0 unspecified atom stereocenters. The van der Waals surface area contributed by atoms with Crippen LogP contribution >= 0.6 is 0 Å². The van der Waals surface area contributed by atoms with Crippen molar-refractivity contribution in [2.75, 3.05) is 23.5 Å². The van der Waals surface area contributed by atoms with Crippen LogP contribution in [0.4, 0.5) is 17.1 Å². The van der Waals surface area contributed by atoms with Crippen LogP contribution in [0.25, 0.3) is 27.6 Å². The first-order chi connectivity index (χ1) is 24.1. The van der Waals surface area contributed by atoms with Crippen LogP contribution in [0, 0.1) is 19.1 Å². The molecule has 50 heavy (non-hydrogen) atoms. The molecule has 1 aliphatic rings. The maximum absolute atomic E-state index is 4.86. The van der Waals surface area contributed by atoms with E-state index in [1.54, 1.807) is 0 Å². The molecule has 0 saturated heterocycles. The van der Waals surface area contributed by atoms with Crippen LogP contribution in [0.1, 0.15) is 27.8 Å². The van der Waals surface area contributed by atoms with Crippen molar-refractivity contribution < 1.29 is 21.1 Å². The molecule has 0 fully saturated rings. The van der Waals surface area contributed by atoms with Crippen LogP contribution < -0.4 is 9.80 Å². The van der Waals surface area contributed by atoms with Gasteiger partial charge in [0.2, 0.25) is 0 Å². The minimum atomic E-state index is -0.723. The monoisotopic (exact) mass is 825 g/mol. The van der Waals surface area contributed by atoms with Gasteiger partial charge in [-0.25, -0.2) is 4.98 Å². The van der Waals surface area contributed by atoms with Crippen molar-refractivity contribution in [1.82, 2.24) is 9.55 Å². The minimum Gasteiger partial charge on any atom is -0.355 e. The van der Waals surface area contributed by atoms with Gasteiger partial charge in [0.15, 0.2) is 0 Å². The van der Waals surface area contributed by atoms with E-state index < -0.39 is 5.41 Å². The van der Waals surface area contributed by atoms with Gasteiger partial charge in [-0.1, -0.05) is 102 Å². The zero-order valence-corrected chi connectivity index (χ0v) is 30.1. The fourth-order valence-corrected chi connectivity index (χ4v) is 7.72. The van der Waals surface area contributed by atoms with Crippen molar-refractivity contribution in [3.63, 3.8) is 0 Å². The Morgan fingerprint density at radius 2 is 1.28 bits per heavy atom. The molecule has 6 aromatic carbocycles. The quantitative estimate of drug-likeness (QED) is 0.123. The van der Waals surface area contributed by atoms with Crippen molar-refractivity contribution in [3.05, 3.63) is 198 Å². The summed E-state index contributed by atoms with van der Waals surface area (Å²) >= 11 is 0. The second-order valence-corrected chi connectivity index (χ2v) is 12.9. The molecule has 0 amide bonds. The van der Waals surface area contributed by atoms with Gasteiger partial charge in [0.05, 0.1) is 18.0 Å². The van der Waals surface area contributed by atoms with E-state index in [4.69, 9.17) is 4.98 Å². The smallest absolute Gasteiger partial charge is 0.355 e. The van der Waals surface area contributed by atoms with Gasteiger partial charge in [0.25, 0.3) is 0 Å². The van der Waals surface area contributed by atoms with E-state index in [0.29, 0.717) is 0 Å². The summed E-state index contributed by atoms with van der Waals surface area (Å²) in [5, 5.41) is 2.33. The molecular formula is C45H34N4Pt. The Balaban J connectivity index is 0.00000361. The first-order valence-electron chi connectivity index (χ1n) is 16.7. The molecule has 8 aromatic rings. The molecule has 0 N–H and O–H groups in total. The Kier molecular flexibility index (Phi) is 8.13. The first-order valence-corrected chi connectivity index (χ1v) is 16.7. The van der Waals surface area contributed by atoms with E-state index in [1.165, 1.54) is 16.8 Å². The number of anilines is 3. The van der Waals surface area contributed by atoms with E-state index in [9.17, 15) is 0 Å². The van der Waals surface area contributed by atoms with Crippen molar-refractivity contribution >= 4 is 38.9 Å². The number of aryl methyl sites for hydroxylation is 1. The van der Waals surface area contributed by atoms with Crippen molar-refractivity contribution in [2.24, 2.45) is 0 Å². The van der Waals surface area contributed by atoms with Crippen LogP contribution in [0.3, 0.4) is 0 Å². The van der Waals surface area contributed by atoms with Gasteiger partial charge in [-0.05, 0) is 59.3 Å². The molecule has 0 spiro atoms. The summed E-state index contributed by atoms with van der Waals surface area (Å²) in [5.41, 5.74) is 10.4. The fourth-order valence-electron chi connectivity index (χ4n) is 7.72. The van der Waals surface area contributed by atoms with Crippen LogP contribution in [0.5, 0.6) is 0 Å². The topological polar surface area (TPSA) is 24.3 Å². The average Bonchev–Trinajstić information content (AvgIpc) is 3.67. The second kappa shape index (κ2) is 12.8. The van der Waals surface area contributed by atoms with Crippen LogP contribution in [-0.4, -0.2) is 23.3 Å². The number of hydrogen-bond acceptors (Lipinski definition) is 3. The number of nitrogens with zero attached hydrogens (tertiary/aromatic N) is 4. The fraction of sp³-hybridized carbons (Fsp3) is 0.0889. The minimum absolute atomic E-state index is 0. The summed E-state index contributed by atoms with van der Waals surface area (Å²) in [6.45, 7) is 2.87. The van der Waals surface area contributed by atoms with Gasteiger partial charge in [-0.2, -0.15) is 36.4 Å². The molecule has 244 valence electrons. The summed E-state index contributed by atoms with van der Waals surface area (Å²) in [6, 6.07) is 62.1. The molecule has 9 rings (SSSR count). The summed E-state index contributed by atoms with van der Waals surface area (Å²) in [7, 11) is 2.15. The number of pyridine rings is 1. The van der Waals surface area contributed by atoms with Crippen LogP contribution in [0.15, 0.2) is 158 Å². The molecule has 4 nitrogen and oxygen atoms in total. The molecule has 0 bridgehead atoms. The van der Waals surface area contributed by atoms with E-state index in [0.717, 1.165) is 62.4 Å². The third-order valence-corrected chi connectivity index (χ3v) is 9.94. The molecule has 0 saturated carbocycles. The Bertz CT molecular complexity index is 2430. The normalized spacial score (nSPS) is 12.7. The molecule has 3 heterocycles. The van der Waals surface area contributed by atoms with Gasteiger partial charge in [-0.3, -0.25) is 0 Å². The van der Waals surface area contributed by atoms with Gasteiger partial charge < -0.3 is 14.4 Å². The third kappa shape index (κ3) is 4.97. The molecule has 2 aromatic heterocycles. The van der Waals surface area contributed by atoms with Crippen molar-refractivity contribution in [3.8, 4) is 5.82 Å². The summed E-state index contributed by atoms with van der Waals surface area (Å²) in [5.74, 6) is 0.884. The van der Waals surface area contributed by atoms with Crippen LogP contribution in [0.2, 0.25) is 0 Å². The second-order valence-electron chi connectivity index (χ2n) is 12.9. The number of fused-ring (bicyclic) bond motifs is 4. The molecular weight excluding hydrogens is 792 g/mol. The number of rotatable bonds is 6. The zero-order chi connectivity index (χ0) is 33.0. The average molecular weight is 826 g/mol.